The Hall–Kier alpha value is -2.24. The van der Waals surface area contributed by atoms with Crippen molar-refractivity contribution in [1.82, 2.24) is 5.43 Å². The summed E-state index contributed by atoms with van der Waals surface area (Å²) in [5, 5.41) is 22.9. The number of nitrogens with one attached hydrogen (secondary N) is 1. The van der Waals surface area contributed by atoms with E-state index in [9.17, 15) is 9.90 Å². The Balaban J connectivity index is 2.04. The Labute approximate surface area is 130 Å². The van der Waals surface area contributed by atoms with Gasteiger partial charge < -0.3 is 10.2 Å². The SMILES string of the molecule is O=C(NN=Cc1ccc(O)c(O)c1)c1ccc(Cl)c(Cl)c1. The second-order valence-electron chi connectivity index (χ2n) is 4.08. The van der Waals surface area contributed by atoms with E-state index in [2.05, 4.69) is 10.5 Å². The number of phenolic OH excluding ortho intramolecular Hbond substituents is 2. The molecule has 0 unspecified atom stereocenters. The molecule has 0 aromatic heterocycles. The quantitative estimate of drug-likeness (QED) is 0.460. The average molecular weight is 325 g/mol. The van der Waals surface area contributed by atoms with E-state index >= 15 is 0 Å². The summed E-state index contributed by atoms with van der Waals surface area (Å²) in [6.07, 6.45) is 1.33. The molecule has 0 heterocycles. The first-order chi connectivity index (χ1) is 9.97. The largest absolute Gasteiger partial charge is 0.504 e. The number of amides is 1. The Morgan fingerprint density at radius 1 is 1.05 bits per heavy atom. The van der Waals surface area contributed by atoms with Crippen molar-refractivity contribution < 1.29 is 15.0 Å². The molecule has 0 radical (unpaired) electrons. The zero-order valence-electron chi connectivity index (χ0n) is 10.5. The molecule has 0 aliphatic rings. The Morgan fingerprint density at radius 3 is 2.48 bits per heavy atom. The lowest BCUT2D eigenvalue weighted by Crippen LogP contribution is -2.17. The van der Waals surface area contributed by atoms with Crippen LogP contribution >= 0.6 is 23.2 Å². The minimum Gasteiger partial charge on any atom is -0.504 e. The highest BCUT2D eigenvalue weighted by Crippen LogP contribution is 2.24. The molecule has 0 saturated heterocycles. The summed E-state index contributed by atoms with van der Waals surface area (Å²) in [7, 11) is 0. The van der Waals surface area contributed by atoms with Gasteiger partial charge in [-0.05, 0) is 42.0 Å². The van der Waals surface area contributed by atoms with Crippen molar-refractivity contribution in [3.05, 3.63) is 57.6 Å². The van der Waals surface area contributed by atoms with Crippen molar-refractivity contribution in [2.24, 2.45) is 5.10 Å². The first-order valence-corrected chi connectivity index (χ1v) is 6.53. The molecular weight excluding hydrogens is 315 g/mol. The van der Waals surface area contributed by atoms with E-state index in [0.29, 0.717) is 16.1 Å². The molecule has 0 bridgehead atoms. The summed E-state index contributed by atoms with van der Waals surface area (Å²) >= 11 is 11.6. The third-order valence-electron chi connectivity index (χ3n) is 2.56. The highest BCUT2D eigenvalue weighted by Gasteiger charge is 2.06. The Bertz CT molecular complexity index is 717. The van der Waals surface area contributed by atoms with E-state index in [4.69, 9.17) is 28.3 Å². The number of nitrogens with zero attached hydrogens (tertiary/aromatic N) is 1. The predicted molar refractivity (Wildman–Crippen MR) is 81.3 cm³/mol. The van der Waals surface area contributed by atoms with Crippen LogP contribution in [0.2, 0.25) is 10.0 Å². The minimum atomic E-state index is -0.451. The van der Waals surface area contributed by atoms with Gasteiger partial charge in [-0.1, -0.05) is 23.2 Å². The normalized spacial score (nSPS) is 10.8. The van der Waals surface area contributed by atoms with Crippen LogP contribution in [-0.2, 0) is 0 Å². The van der Waals surface area contributed by atoms with E-state index in [1.54, 1.807) is 0 Å². The topological polar surface area (TPSA) is 81.9 Å². The lowest BCUT2D eigenvalue weighted by atomic mass is 10.2. The Kier molecular flexibility index (Phi) is 4.67. The third kappa shape index (κ3) is 3.87. The fraction of sp³-hybridized carbons (Fsp3) is 0. The van der Waals surface area contributed by atoms with Gasteiger partial charge in [0, 0.05) is 5.56 Å². The summed E-state index contributed by atoms with van der Waals surface area (Å²) < 4.78 is 0. The van der Waals surface area contributed by atoms with Crippen LogP contribution in [0.1, 0.15) is 15.9 Å². The molecule has 0 fully saturated rings. The van der Waals surface area contributed by atoms with Crippen LogP contribution in [0.4, 0.5) is 0 Å². The van der Waals surface area contributed by atoms with Gasteiger partial charge in [-0.2, -0.15) is 5.10 Å². The van der Waals surface area contributed by atoms with Crippen LogP contribution in [0.15, 0.2) is 41.5 Å². The van der Waals surface area contributed by atoms with Crippen LogP contribution in [0.5, 0.6) is 11.5 Å². The van der Waals surface area contributed by atoms with Gasteiger partial charge in [0.1, 0.15) is 0 Å². The summed E-state index contributed by atoms with van der Waals surface area (Å²) in [4.78, 5) is 11.8. The zero-order chi connectivity index (χ0) is 15.4. The second kappa shape index (κ2) is 6.47. The summed E-state index contributed by atoms with van der Waals surface area (Å²) in [6.45, 7) is 0. The number of phenols is 2. The monoisotopic (exact) mass is 324 g/mol. The molecule has 0 atom stereocenters. The molecule has 0 spiro atoms. The van der Waals surface area contributed by atoms with Gasteiger partial charge in [-0.25, -0.2) is 5.43 Å². The van der Waals surface area contributed by atoms with Gasteiger partial charge in [0.2, 0.25) is 0 Å². The summed E-state index contributed by atoms with van der Waals surface area (Å²) in [5.74, 6) is -0.949. The van der Waals surface area contributed by atoms with Crippen molar-refractivity contribution >= 4 is 35.3 Å². The van der Waals surface area contributed by atoms with Crippen molar-refractivity contribution in [3.8, 4) is 11.5 Å². The van der Waals surface area contributed by atoms with Crippen molar-refractivity contribution in [1.29, 1.82) is 0 Å². The van der Waals surface area contributed by atoms with Crippen molar-refractivity contribution in [2.75, 3.05) is 0 Å². The number of benzene rings is 2. The molecule has 1 amide bonds. The van der Waals surface area contributed by atoms with Crippen LogP contribution < -0.4 is 5.43 Å². The maximum atomic E-state index is 11.8. The number of hydrazone groups is 1. The molecule has 2 aromatic carbocycles. The first-order valence-electron chi connectivity index (χ1n) is 5.78. The van der Waals surface area contributed by atoms with E-state index in [0.717, 1.165) is 0 Å². The van der Waals surface area contributed by atoms with Gasteiger partial charge >= 0.3 is 0 Å². The summed E-state index contributed by atoms with van der Waals surface area (Å²) in [5.41, 5.74) is 3.14. The number of rotatable bonds is 3. The molecular formula is C14H10Cl2N2O3. The molecule has 5 nitrogen and oxygen atoms in total. The highest BCUT2D eigenvalue weighted by atomic mass is 35.5. The smallest absolute Gasteiger partial charge is 0.271 e. The fourth-order valence-corrected chi connectivity index (χ4v) is 1.79. The van der Waals surface area contributed by atoms with Crippen LogP contribution in [-0.4, -0.2) is 22.3 Å². The minimum absolute atomic E-state index is 0.230. The average Bonchev–Trinajstić information content (AvgIpc) is 2.45. The number of aromatic hydroxyl groups is 2. The van der Waals surface area contributed by atoms with Crippen LogP contribution in [0.3, 0.4) is 0 Å². The fourth-order valence-electron chi connectivity index (χ4n) is 1.49. The van der Waals surface area contributed by atoms with Gasteiger partial charge in [-0.15, -0.1) is 0 Å². The molecule has 2 rings (SSSR count). The molecule has 0 saturated carbocycles. The number of carbonyl (C=O) groups is 1. The van der Waals surface area contributed by atoms with Gasteiger partial charge in [0.15, 0.2) is 11.5 Å². The number of hydrogen-bond donors (Lipinski definition) is 3. The van der Waals surface area contributed by atoms with Crippen LogP contribution in [0.25, 0.3) is 0 Å². The van der Waals surface area contributed by atoms with E-state index in [-0.39, 0.29) is 16.5 Å². The van der Waals surface area contributed by atoms with Gasteiger partial charge in [-0.3, -0.25) is 4.79 Å². The van der Waals surface area contributed by atoms with Gasteiger partial charge in [0.25, 0.3) is 5.91 Å². The van der Waals surface area contributed by atoms with Crippen LogP contribution in [0, 0.1) is 0 Å². The van der Waals surface area contributed by atoms with Crippen molar-refractivity contribution in [2.45, 2.75) is 0 Å². The number of hydrogen-bond acceptors (Lipinski definition) is 4. The van der Waals surface area contributed by atoms with Crippen molar-refractivity contribution in [3.63, 3.8) is 0 Å². The Morgan fingerprint density at radius 2 is 1.81 bits per heavy atom. The predicted octanol–water partition coefficient (Wildman–Crippen LogP) is 3.17. The molecule has 7 heteroatoms. The standard InChI is InChI=1S/C14H10Cl2N2O3/c15-10-3-2-9(6-11(10)16)14(21)18-17-7-8-1-4-12(19)13(20)5-8/h1-7,19-20H,(H,18,21). The maximum Gasteiger partial charge on any atom is 0.271 e. The first kappa shape index (κ1) is 15.2. The summed E-state index contributed by atoms with van der Waals surface area (Å²) in [6, 6.07) is 8.62. The van der Waals surface area contributed by atoms with E-state index in [1.165, 1.54) is 42.6 Å². The second-order valence-corrected chi connectivity index (χ2v) is 4.89. The molecule has 0 aliphatic heterocycles. The van der Waals surface area contributed by atoms with E-state index in [1.807, 2.05) is 0 Å². The molecule has 3 N–H and O–H groups in total. The molecule has 21 heavy (non-hydrogen) atoms. The molecule has 2 aromatic rings. The lowest BCUT2D eigenvalue weighted by molar-refractivity contribution is 0.0955. The van der Waals surface area contributed by atoms with Gasteiger partial charge in [0.05, 0.1) is 16.3 Å². The molecule has 108 valence electrons. The number of halogens is 2. The number of carbonyl (C=O) groups excluding carboxylic acids is 1. The maximum absolute atomic E-state index is 11.8. The third-order valence-corrected chi connectivity index (χ3v) is 3.30. The zero-order valence-corrected chi connectivity index (χ0v) is 12.1. The highest BCUT2D eigenvalue weighted by molar-refractivity contribution is 6.42. The van der Waals surface area contributed by atoms with E-state index < -0.39 is 5.91 Å². The lowest BCUT2D eigenvalue weighted by Gasteiger charge is -2.02. The molecule has 0 aliphatic carbocycles.